The molecule has 0 aliphatic heterocycles. The number of hydrogen-bond acceptors (Lipinski definition) is 0. The van der Waals surface area contributed by atoms with Crippen molar-refractivity contribution in [3.63, 3.8) is 0 Å². The summed E-state index contributed by atoms with van der Waals surface area (Å²) in [5.74, 6) is 5.16. The van der Waals surface area contributed by atoms with Gasteiger partial charge in [0.2, 0.25) is 0 Å². The molecule has 0 nitrogen and oxygen atoms in total. The van der Waals surface area contributed by atoms with Crippen LogP contribution in [0.1, 0.15) is 96.6 Å². The van der Waals surface area contributed by atoms with Gasteiger partial charge in [-0.1, -0.05) is 121 Å². The van der Waals surface area contributed by atoms with E-state index in [4.69, 9.17) is 0 Å². The van der Waals surface area contributed by atoms with Gasteiger partial charge in [-0.15, -0.1) is 0 Å². The maximum Gasteiger partial charge on any atom is 2.00 e. The minimum atomic E-state index is 0. The van der Waals surface area contributed by atoms with E-state index < -0.39 is 0 Å². The molecule has 6 atom stereocenters. The van der Waals surface area contributed by atoms with Crippen molar-refractivity contribution in [2.75, 3.05) is 0 Å². The fourth-order valence-electron chi connectivity index (χ4n) is 5.84. The van der Waals surface area contributed by atoms with Crippen molar-refractivity contribution in [2.45, 2.75) is 85.5 Å². The van der Waals surface area contributed by atoms with Crippen molar-refractivity contribution < 1.29 is 17.1 Å². The Labute approximate surface area is 212 Å². The molecule has 0 aromatic heterocycles. The fraction of sp³-hybridized carbons (Fsp3) is 0.548. The quantitative estimate of drug-likeness (QED) is 0.303. The van der Waals surface area contributed by atoms with Crippen LogP contribution in [0.2, 0.25) is 0 Å². The van der Waals surface area contributed by atoms with Gasteiger partial charge in [0.15, 0.2) is 0 Å². The number of rotatable bonds is 4. The minimum Gasteiger partial charge on any atom is -0.358 e. The Morgan fingerprint density at radius 1 is 0.594 bits per heavy atom. The average Bonchev–Trinajstić information content (AvgIpc) is 3.37. The first-order valence-corrected chi connectivity index (χ1v) is 11.7. The molecule has 2 aromatic rings. The van der Waals surface area contributed by atoms with Gasteiger partial charge in [-0.3, -0.25) is 0 Å². The molecule has 4 rings (SSSR count). The van der Waals surface area contributed by atoms with E-state index in [1.54, 1.807) is 0 Å². The maximum atomic E-state index is 2.41. The van der Waals surface area contributed by atoms with Crippen molar-refractivity contribution in [1.82, 2.24) is 0 Å². The molecule has 32 heavy (non-hydrogen) atoms. The van der Waals surface area contributed by atoms with Crippen LogP contribution in [0.25, 0.3) is 0 Å². The maximum absolute atomic E-state index is 2.41. The first-order chi connectivity index (χ1) is 13.6. The zero-order chi connectivity index (χ0) is 19.9. The third-order valence-electron chi connectivity index (χ3n) is 7.79. The van der Waals surface area contributed by atoms with Crippen molar-refractivity contribution in [3.8, 4) is 0 Å². The molecule has 0 heterocycles. The third kappa shape index (κ3) is 8.72. The van der Waals surface area contributed by atoms with Crippen LogP contribution in [0.3, 0.4) is 0 Å². The monoisotopic (exact) mass is 478 g/mol. The largest absolute Gasteiger partial charge is 2.00 e. The van der Waals surface area contributed by atoms with Crippen molar-refractivity contribution in [3.05, 3.63) is 86.6 Å². The number of benzene rings is 2. The molecule has 2 aliphatic rings. The third-order valence-corrected chi connectivity index (χ3v) is 7.79. The topological polar surface area (TPSA) is 0 Å². The molecule has 2 fully saturated rings. The van der Waals surface area contributed by atoms with Crippen LogP contribution in [0.5, 0.6) is 0 Å². The Hall–Kier alpha value is -1.04. The standard InChI is InChI=1S/2C14H20.CH4.2CH3.Fe/c2*1-11-7-6-10-14(11)12(2)13-8-4-3-5-9-13;;;;/h2*3-5,8-9,11-12,14H,6-7,10H2,1-2H3;1H4;2*1H3;/q;;;2*-1;+2/t2*11?,12-,14?;;;;/m11..../s1. The SMILES string of the molecule is C.CC1CCCC1[C@H](C)c1ccccc1.CC1CCCC1[C@H](C)c1ccccc1.[CH3-].[CH3-].[Fe+2]. The summed E-state index contributed by atoms with van der Waals surface area (Å²) in [6, 6.07) is 21.9. The average molecular weight is 479 g/mol. The summed E-state index contributed by atoms with van der Waals surface area (Å²) >= 11 is 0. The minimum absolute atomic E-state index is 0. The van der Waals surface area contributed by atoms with Crippen LogP contribution in [0.4, 0.5) is 0 Å². The molecule has 2 saturated carbocycles. The predicted octanol–water partition coefficient (Wildman–Crippen LogP) is 9.99. The Kier molecular flexibility index (Phi) is 17.1. The molecule has 2 aromatic carbocycles. The Balaban J connectivity index is 0. The Bertz CT molecular complexity index is 619. The zero-order valence-electron chi connectivity index (χ0n) is 20.8. The first-order valence-electron chi connectivity index (χ1n) is 11.7. The summed E-state index contributed by atoms with van der Waals surface area (Å²) in [7, 11) is 0. The van der Waals surface area contributed by atoms with Gasteiger partial charge in [-0.2, -0.15) is 0 Å². The molecular formula is C31H50Fe. The van der Waals surface area contributed by atoms with Gasteiger partial charge in [0.1, 0.15) is 0 Å². The molecule has 0 saturated heterocycles. The second-order valence-corrected chi connectivity index (χ2v) is 9.54. The van der Waals surface area contributed by atoms with Crippen LogP contribution >= 0.6 is 0 Å². The van der Waals surface area contributed by atoms with Gasteiger partial charge in [-0.25, -0.2) is 0 Å². The summed E-state index contributed by atoms with van der Waals surface area (Å²) in [4.78, 5) is 0. The first kappa shape index (κ1) is 33.1. The molecule has 0 amide bonds. The predicted molar refractivity (Wildman–Crippen MR) is 142 cm³/mol. The summed E-state index contributed by atoms with van der Waals surface area (Å²) in [6.45, 7) is 9.61. The van der Waals surface area contributed by atoms with Gasteiger partial charge in [0.25, 0.3) is 0 Å². The van der Waals surface area contributed by atoms with E-state index in [1.165, 1.54) is 49.7 Å². The summed E-state index contributed by atoms with van der Waals surface area (Å²) in [5.41, 5.74) is 3.04. The molecule has 0 radical (unpaired) electrons. The molecular weight excluding hydrogens is 428 g/mol. The molecule has 1 heteroatoms. The van der Waals surface area contributed by atoms with E-state index in [1.807, 2.05) is 0 Å². The van der Waals surface area contributed by atoms with E-state index in [0.29, 0.717) is 0 Å². The fourth-order valence-corrected chi connectivity index (χ4v) is 5.84. The van der Waals surface area contributed by atoms with E-state index in [-0.39, 0.29) is 39.3 Å². The molecule has 4 unspecified atom stereocenters. The van der Waals surface area contributed by atoms with Crippen LogP contribution in [-0.2, 0) is 17.1 Å². The number of hydrogen-bond donors (Lipinski definition) is 0. The molecule has 2 aliphatic carbocycles. The Morgan fingerprint density at radius 3 is 1.16 bits per heavy atom. The summed E-state index contributed by atoms with van der Waals surface area (Å²) in [5, 5.41) is 0. The summed E-state index contributed by atoms with van der Waals surface area (Å²) in [6.07, 6.45) is 8.59. The van der Waals surface area contributed by atoms with Crippen LogP contribution in [0, 0.1) is 38.5 Å². The van der Waals surface area contributed by atoms with E-state index in [0.717, 1.165) is 35.5 Å². The van der Waals surface area contributed by atoms with Crippen LogP contribution in [-0.4, -0.2) is 0 Å². The van der Waals surface area contributed by atoms with E-state index >= 15 is 0 Å². The molecule has 0 spiro atoms. The summed E-state index contributed by atoms with van der Waals surface area (Å²) < 4.78 is 0. The van der Waals surface area contributed by atoms with E-state index in [9.17, 15) is 0 Å². The van der Waals surface area contributed by atoms with Gasteiger partial charge in [0.05, 0.1) is 0 Å². The van der Waals surface area contributed by atoms with Gasteiger partial charge in [-0.05, 0) is 59.5 Å². The van der Waals surface area contributed by atoms with Crippen LogP contribution in [0.15, 0.2) is 60.7 Å². The second-order valence-electron chi connectivity index (χ2n) is 9.54. The van der Waals surface area contributed by atoms with E-state index in [2.05, 4.69) is 88.4 Å². The Morgan fingerprint density at radius 2 is 0.906 bits per heavy atom. The zero-order valence-corrected chi connectivity index (χ0v) is 21.9. The molecule has 0 N–H and O–H groups in total. The van der Waals surface area contributed by atoms with Gasteiger partial charge >= 0.3 is 17.1 Å². The van der Waals surface area contributed by atoms with Crippen molar-refractivity contribution in [1.29, 1.82) is 0 Å². The molecule has 182 valence electrons. The normalized spacial score (nSPS) is 25.4. The van der Waals surface area contributed by atoms with Crippen molar-refractivity contribution >= 4 is 0 Å². The van der Waals surface area contributed by atoms with Crippen molar-refractivity contribution in [2.24, 2.45) is 23.7 Å². The van der Waals surface area contributed by atoms with Crippen LogP contribution < -0.4 is 0 Å². The van der Waals surface area contributed by atoms with Gasteiger partial charge in [0, 0.05) is 0 Å². The molecule has 0 bridgehead atoms. The second kappa shape index (κ2) is 16.6. The smallest absolute Gasteiger partial charge is 0.358 e. The van der Waals surface area contributed by atoms with Gasteiger partial charge < -0.3 is 14.9 Å².